The summed E-state index contributed by atoms with van der Waals surface area (Å²) < 4.78 is 0.613. The molecule has 12 heteroatoms. The van der Waals surface area contributed by atoms with Crippen molar-refractivity contribution in [3.63, 3.8) is 0 Å². The second kappa shape index (κ2) is 8.32. The predicted octanol–water partition coefficient (Wildman–Crippen LogP) is -0.639. The van der Waals surface area contributed by atoms with E-state index in [2.05, 4.69) is 0 Å². The van der Waals surface area contributed by atoms with Crippen molar-refractivity contribution in [2.24, 2.45) is 29.2 Å². The van der Waals surface area contributed by atoms with Crippen LogP contribution in [-0.4, -0.2) is 93.6 Å². The van der Waals surface area contributed by atoms with Gasteiger partial charge in [-0.2, -0.15) is 0 Å². The number of Topliss-reactive ketones (excluding diaryl/α,β-unsaturated/α-hetero) is 2. The number of allylic oxidation sites excluding steroid dienone is 4. The first kappa shape index (κ1) is 25.7. The second-order valence-corrected chi connectivity index (χ2v) is 11.0. The van der Waals surface area contributed by atoms with Crippen LogP contribution >= 0.6 is 22.6 Å². The first-order valence-corrected chi connectivity index (χ1v) is 12.1. The standard InChI is InChI=1S/C23H29IN4O7/c1-27(2)15-8-5-7-6-9-16(28(3)4)19(31)12(22(26)34)21(33)23(9,35)20(32)10(7)17(29)11(8)18(30)14(25)13(15)24/h8-9,11,16,20,30,32-33,35H,5-6,25H2,1-4H3,(H2,26,34)/t8?,9?,11?,16-,20?,23-/m0/s1. The van der Waals surface area contributed by atoms with Crippen LogP contribution in [0.5, 0.6) is 0 Å². The van der Waals surface area contributed by atoms with Crippen molar-refractivity contribution >= 4 is 40.1 Å². The van der Waals surface area contributed by atoms with E-state index in [1.54, 1.807) is 28.2 Å². The largest absolute Gasteiger partial charge is 0.509 e. The Balaban J connectivity index is 1.93. The molecule has 0 spiro atoms. The van der Waals surface area contributed by atoms with Gasteiger partial charge in [-0.3, -0.25) is 19.3 Å². The van der Waals surface area contributed by atoms with E-state index in [4.69, 9.17) is 11.5 Å². The van der Waals surface area contributed by atoms with Crippen molar-refractivity contribution in [1.82, 2.24) is 9.80 Å². The number of nitrogens with two attached hydrogens (primary N) is 2. The fourth-order valence-electron chi connectivity index (χ4n) is 6.20. The Morgan fingerprint density at radius 2 is 1.71 bits per heavy atom. The van der Waals surface area contributed by atoms with Gasteiger partial charge in [-0.05, 0) is 49.5 Å². The Hall–Kier alpha value is -2.42. The molecular formula is C23H29IN4O7. The first-order valence-electron chi connectivity index (χ1n) is 11.0. The summed E-state index contributed by atoms with van der Waals surface area (Å²) in [5.74, 6) is -6.62. The third-order valence-electron chi connectivity index (χ3n) is 7.70. The number of likely N-dealkylation sites (N-methyl/N-ethyl adjacent to an activating group) is 1. The Morgan fingerprint density at radius 1 is 1.11 bits per heavy atom. The van der Waals surface area contributed by atoms with Gasteiger partial charge in [-0.25, -0.2) is 0 Å². The van der Waals surface area contributed by atoms with Crippen LogP contribution in [0, 0.1) is 17.8 Å². The number of fused-ring (bicyclic) bond motifs is 2. The van der Waals surface area contributed by atoms with Crippen LogP contribution in [0.3, 0.4) is 0 Å². The lowest BCUT2D eigenvalue weighted by Gasteiger charge is -2.53. The molecule has 0 heterocycles. The third-order valence-corrected chi connectivity index (χ3v) is 8.83. The van der Waals surface area contributed by atoms with E-state index in [0.717, 1.165) is 5.70 Å². The van der Waals surface area contributed by atoms with Gasteiger partial charge < -0.3 is 36.8 Å². The van der Waals surface area contributed by atoms with Gasteiger partial charge in [0.1, 0.15) is 23.2 Å². The highest BCUT2D eigenvalue weighted by atomic mass is 127. The molecule has 0 aromatic heterocycles. The number of ketones is 2. The maximum Gasteiger partial charge on any atom is 0.255 e. The highest BCUT2D eigenvalue weighted by molar-refractivity contribution is 14.1. The van der Waals surface area contributed by atoms with E-state index in [1.807, 2.05) is 27.5 Å². The number of halogens is 1. The fourth-order valence-corrected chi connectivity index (χ4v) is 7.36. The van der Waals surface area contributed by atoms with Gasteiger partial charge >= 0.3 is 0 Å². The molecule has 8 N–H and O–H groups in total. The molecule has 1 amide bonds. The minimum absolute atomic E-state index is 0.000210. The van der Waals surface area contributed by atoms with Gasteiger partial charge in [0.2, 0.25) is 0 Å². The molecule has 35 heavy (non-hydrogen) atoms. The molecule has 4 rings (SSSR count). The first-order chi connectivity index (χ1) is 16.2. The number of aliphatic hydroxyl groups is 4. The quantitative estimate of drug-likeness (QED) is 0.180. The Bertz CT molecular complexity index is 1180. The predicted molar refractivity (Wildman–Crippen MR) is 133 cm³/mol. The fraction of sp³-hybridized carbons (Fsp3) is 0.522. The SMILES string of the molecule is CN(C)C1=C(I)C(N)=C(O)C2C(=O)C3=C(CC12)CC1[C@H](N(C)C)C(=O)C(C(N)=O)=C(O)[C@@]1(O)C3O. The summed E-state index contributed by atoms with van der Waals surface area (Å²) in [4.78, 5) is 42.3. The molecule has 4 unspecified atom stereocenters. The van der Waals surface area contributed by atoms with E-state index >= 15 is 0 Å². The van der Waals surface area contributed by atoms with Crippen LogP contribution in [0.2, 0.25) is 0 Å². The zero-order chi connectivity index (χ0) is 26.3. The maximum atomic E-state index is 13.8. The number of carbonyl (C=O) groups is 3. The number of hydrogen-bond acceptors (Lipinski definition) is 10. The number of hydrogen-bond donors (Lipinski definition) is 6. The van der Waals surface area contributed by atoms with Gasteiger partial charge in [-0.15, -0.1) is 0 Å². The summed E-state index contributed by atoms with van der Waals surface area (Å²) in [6.45, 7) is 0. The molecular weight excluding hydrogens is 571 g/mol. The van der Waals surface area contributed by atoms with E-state index in [1.165, 1.54) is 4.90 Å². The number of aliphatic hydroxyl groups excluding tert-OH is 3. The van der Waals surface area contributed by atoms with Crippen molar-refractivity contribution in [3.05, 3.63) is 43.2 Å². The molecule has 4 aliphatic rings. The molecule has 0 aromatic rings. The van der Waals surface area contributed by atoms with Crippen LogP contribution < -0.4 is 11.5 Å². The van der Waals surface area contributed by atoms with Gasteiger partial charge in [-0.1, -0.05) is 5.57 Å². The van der Waals surface area contributed by atoms with Crippen LogP contribution in [-0.2, 0) is 14.4 Å². The summed E-state index contributed by atoms with van der Waals surface area (Å²) in [6.07, 6.45) is -1.70. The lowest BCUT2D eigenvalue weighted by Crippen LogP contribution is -2.66. The average Bonchev–Trinajstić information content (AvgIpc) is 2.74. The summed E-state index contributed by atoms with van der Waals surface area (Å²) in [6, 6.07) is -1.09. The number of nitrogens with zero attached hydrogens (tertiary/aromatic N) is 2. The third kappa shape index (κ3) is 3.29. The molecule has 0 fully saturated rings. The van der Waals surface area contributed by atoms with E-state index in [0.29, 0.717) is 9.15 Å². The molecule has 0 aliphatic heterocycles. The van der Waals surface area contributed by atoms with Gasteiger partial charge in [0.25, 0.3) is 5.91 Å². The molecule has 0 radical (unpaired) electrons. The van der Waals surface area contributed by atoms with Crippen molar-refractivity contribution in [1.29, 1.82) is 0 Å². The molecule has 0 saturated carbocycles. The lowest BCUT2D eigenvalue weighted by molar-refractivity contribution is -0.152. The lowest BCUT2D eigenvalue weighted by atomic mass is 9.56. The minimum Gasteiger partial charge on any atom is -0.509 e. The average molecular weight is 600 g/mol. The highest BCUT2D eigenvalue weighted by Crippen LogP contribution is 2.55. The summed E-state index contributed by atoms with van der Waals surface area (Å²) in [5, 5.41) is 44.8. The van der Waals surface area contributed by atoms with Crippen LogP contribution in [0.25, 0.3) is 0 Å². The van der Waals surface area contributed by atoms with E-state index < -0.39 is 64.3 Å². The summed E-state index contributed by atoms with van der Waals surface area (Å²) in [7, 11) is 6.76. The molecule has 190 valence electrons. The Morgan fingerprint density at radius 3 is 2.23 bits per heavy atom. The smallest absolute Gasteiger partial charge is 0.255 e. The zero-order valence-electron chi connectivity index (χ0n) is 19.7. The number of amides is 1. The van der Waals surface area contributed by atoms with Crippen molar-refractivity contribution in [2.45, 2.75) is 30.6 Å². The van der Waals surface area contributed by atoms with E-state index in [-0.39, 0.29) is 29.9 Å². The molecule has 0 bridgehead atoms. The molecule has 0 saturated heterocycles. The van der Waals surface area contributed by atoms with Crippen molar-refractivity contribution in [2.75, 3.05) is 28.2 Å². The molecule has 6 atom stereocenters. The van der Waals surface area contributed by atoms with Crippen molar-refractivity contribution in [3.8, 4) is 0 Å². The van der Waals surface area contributed by atoms with Gasteiger partial charge in [0, 0.05) is 37.2 Å². The Labute approximate surface area is 215 Å². The molecule has 11 nitrogen and oxygen atoms in total. The second-order valence-electron chi connectivity index (χ2n) is 9.96. The zero-order valence-corrected chi connectivity index (χ0v) is 21.9. The normalized spacial score (nSPS) is 35.4. The van der Waals surface area contributed by atoms with Gasteiger partial charge in [0.15, 0.2) is 17.2 Å². The number of rotatable bonds is 3. The van der Waals surface area contributed by atoms with Crippen LogP contribution in [0.4, 0.5) is 0 Å². The van der Waals surface area contributed by atoms with Crippen molar-refractivity contribution < 1.29 is 34.8 Å². The summed E-state index contributed by atoms with van der Waals surface area (Å²) in [5.41, 5.74) is 9.32. The molecule has 4 aliphatic carbocycles. The molecule has 0 aromatic carbocycles. The maximum absolute atomic E-state index is 13.8. The number of primary amides is 1. The number of carbonyl (C=O) groups excluding carboxylic acids is 3. The highest BCUT2D eigenvalue weighted by Gasteiger charge is 2.64. The van der Waals surface area contributed by atoms with E-state index in [9.17, 15) is 34.8 Å². The topological polar surface area (TPSA) is 191 Å². The van der Waals surface area contributed by atoms with Crippen LogP contribution in [0.1, 0.15) is 12.8 Å². The Kier molecular flexibility index (Phi) is 6.10. The summed E-state index contributed by atoms with van der Waals surface area (Å²) >= 11 is 2.02. The minimum atomic E-state index is -2.51. The van der Waals surface area contributed by atoms with Gasteiger partial charge in [0.05, 0.1) is 21.2 Å². The van der Waals surface area contributed by atoms with Crippen LogP contribution in [0.15, 0.2) is 43.2 Å². The monoisotopic (exact) mass is 600 g/mol.